The van der Waals surface area contributed by atoms with E-state index in [0.29, 0.717) is 15.7 Å². The quantitative estimate of drug-likeness (QED) is 0.230. The van der Waals surface area contributed by atoms with Crippen molar-refractivity contribution in [2.45, 2.75) is 25.9 Å². The van der Waals surface area contributed by atoms with Crippen LogP contribution in [0.15, 0.2) is 22.7 Å². The lowest BCUT2D eigenvalue weighted by molar-refractivity contribution is -0.143. The third kappa shape index (κ3) is 4.38. The van der Waals surface area contributed by atoms with E-state index in [0.717, 1.165) is 0 Å². The Morgan fingerprint density at radius 3 is 2.77 bits per heavy atom. The Hall–Kier alpha value is -2.02. The zero-order chi connectivity index (χ0) is 19.5. The maximum absolute atomic E-state index is 12.5. The number of β-lactam (4-membered cyclic amide) rings is 1. The number of hydrogen-bond acceptors (Lipinski definition) is 8. The molecule has 0 bridgehead atoms. The number of oxime groups is 1. The van der Waals surface area contributed by atoms with Gasteiger partial charge in [0.05, 0.1) is 10.9 Å². The Balaban J connectivity index is 2.11. The van der Waals surface area contributed by atoms with Gasteiger partial charge in [0.2, 0.25) is 0 Å². The summed E-state index contributed by atoms with van der Waals surface area (Å²) < 4.78 is 31.5. The molecule has 2 heterocycles. The highest BCUT2D eigenvalue weighted by Crippen LogP contribution is 2.23. The van der Waals surface area contributed by atoms with Crippen LogP contribution in [0.25, 0.3) is 0 Å². The molecule has 0 saturated carbocycles. The molecule has 10 nitrogen and oxygen atoms in total. The van der Waals surface area contributed by atoms with Crippen molar-refractivity contribution in [2.75, 3.05) is 13.2 Å². The van der Waals surface area contributed by atoms with Crippen molar-refractivity contribution in [3.05, 3.63) is 22.4 Å². The van der Waals surface area contributed by atoms with Crippen LogP contribution in [0.5, 0.6) is 0 Å². The molecule has 26 heavy (non-hydrogen) atoms. The van der Waals surface area contributed by atoms with Crippen LogP contribution < -0.4 is 11.1 Å². The molecule has 3 atom stereocenters. The Morgan fingerprint density at radius 1 is 1.58 bits per heavy atom. The molecule has 1 aromatic heterocycles. The minimum atomic E-state index is -4.66. The minimum absolute atomic E-state index is 0.0328. The van der Waals surface area contributed by atoms with Crippen molar-refractivity contribution in [3.63, 3.8) is 0 Å². The van der Waals surface area contributed by atoms with Gasteiger partial charge in [-0.2, -0.15) is 8.42 Å². The van der Waals surface area contributed by atoms with Crippen LogP contribution in [0.4, 0.5) is 0 Å². The van der Waals surface area contributed by atoms with Gasteiger partial charge < -0.3 is 15.9 Å². The van der Waals surface area contributed by atoms with Gasteiger partial charge in [-0.25, -0.2) is 4.31 Å². The van der Waals surface area contributed by atoms with E-state index in [4.69, 9.17) is 15.1 Å². The molecule has 2 amide bonds. The summed E-state index contributed by atoms with van der Waals surface area (Å²) in [6, 6.07) is 1.39. The second-order valence-corrected chi connectivity index (χ2v) is 8.09. The molecule has 1 aromatic rings. The van der Waals surface area contributed by atoms with Gasteiger partial charge >= 0.3 is 10.3 Å². The molecule has 12 heteroatoms. The third-order valence-corrected chi connectivity index (χ3v) is 5.64. The van der Waals surface area contributed by atoms with E-state index in [-0.39, 0.29) is 18.2 Å². The topological polar surface area (TPSA) is 151 Å². The molecule has 2 rings (SSSR count). The third-order valence-electron chi connectivity index (χ3n) is 3.76. The molecule has 1 fully saturated rings. The number of nitrogens with zero attached hydrogens (tertiary/aromatic N) is 2. The Labute approximate surface area is 154 Å². The lowest BCUT2D eigenvalue weighted by Crippen LogP contribution is -2.71. The van der Waals surface area contributed by atoms with Gasteiger partial charge in [0.1, 0.15) is 12.6 Å². The highest BCUT2D eigenvalue weighted by atomic mass is 32.2. The number of carbonyl (C=O) groups excluding carboxylic acids is 2. The molecular formula is C14H20N4O6S2. The number of amides is 2. The fourth-order valence-electron chi connectivity index (χ4n) is 2.22. The van der Waals surface area contributed by atoms with E-state index in [1.165, 1.54) is 18.3 Å². The van der Waals surface area contributed by atoms with E-state index in [9.17, 15) is 18.0 Å². The van der Waals surface area contributed by atoms with Crippen molar-refractivity contribution in [2.24, 2.45) is 16.8 Å². The first-order valence-electron chi connectivity index (χ1n) is 7.72. The lowest BCUT2D eigenvalue weighted by Gasteiger charge is -2.42. The van der Waals surface area contributed by atoms with Crippen molar-refractivity contribution in [1.29, 1.82) is 0 Å². The van der Waals surface area contributed by atoms with Crippen LogP contribution in [-0.4, -0.2) is 60.0 Å². The molecule has 1 aliphatic rings. The van der Waals surface area contributed by atoms with Crippen LogP contribution in [0.2, 0.25) is 0 Å². The summed E-state index contributed by atoms with van der Waals surface area (Å²) in [6.07, 6.45) is 0. The summed E-state index contributed by atoms with van der Waals surface area (Å²) in [4.78, 5) is 30.1. The predicted octanol–water partition coefficient (Wildman–Crippen LogP) is -0.418. The van der Waals surface area contributed by atoms with Gasteiger partial charge in [-0.3, -0.25) is 14.1 Å². The molecular weight excluding hydrogens is 384 g/mol. The van der Waals surface area contributed by atoms with Crippen LogP contribution in [0.1, 0.15) is 18.7 Å². The summed E-state index contributed by atoms with van der Waals surface area (Å²) in [5.74, 6) is -1.56. The van der Waals surface area contributed by atoms with E-state index in [2.05, 4.69) is 10.5 Å². The fourth-order valence-corrected chi connectivity index (χ4v) is 3.81. The second-order valence-electron chi connectivity index (χ2n) is 5.86. The van der Waals surface area contributed by atoms with Gasteiger partial charge in [-0.15, -0.1) is 11.3 Å². The average Bonchev–Trinajstić information content (AvgIpc) is 3.09. The van der Waals surface area contributed by atoms with Gasteiger partial charge in [-0.1, -0.05) is 18.1 Å². The maximum Gasteiger partial charge on any atom is 0.362 e. The molecule has 144 valence electrons. The summed E-state index contributed by atoms with van der Waals surface area (Å²) >= 11 is 1.26. The van der Waals surface area contributed by atoms with Gasteiger partial charge in [0.25, 0.3) is 11.8 Å². The minimum Gasteiger partial charge on any atom is -0.395 e. The molecule has 2 unspecified atom stereocenters. The number of thiophene rings is 1. The lowest BCUT2D eigenvalue weighted by atomic mass is 10.0. The zero-order valence-electron chi connectivity index (χ0n) is 14.2. The van der Waals surface area contributed by atoms with Crippen molar-refractivity contribution in [3.8, 4) is 0 Å². The normalized spacial score (nSPS) is 21.9. The van der Waals surface area contributed by atoms with Crippen molar-refractivity contribution in [1.82, 2.24) is 9.62 Å². The summed E-state index contributed by atoms with van der Waals surface area (Å²) in [5.41, 5.74) is 5.46. The number of nitrogens with one attached hydrogen (secondary N) is 1. The Bertz CT molecular complexity index is 792. The molecule has 0 aromatic carbocycles. The van der Waals surface area contributed by atoms with E-state index in [1.54, 1.807) is 17.5 Å². The first-order chi connectivity index (χ1) is 12.2. The van der Waals surface area contributed by atoms with Gasteiger partial charge in [0.15, 0.2) is 5.71 Å². The molecule has 0 aliphatic carbocycles. The average molecular weight is 404 g/mol. The van der Waals surface area contributed by atoms with E-state index < -0.39 is 34.2 Å². The van der Waals surface area contributed by atoms with Crippen molar-refractivity contribution < 1.29 is 27.4 Å². The highest BCUT2D eigenvalue weighted by molar-refractivity contribution is 7.84. The first kappa shape index (κ1) is 20.3. The van der Waals surface area contributed by atoms with Crippen LogP contribution >= 0.6 is 11.3 Å². The van der Waals surface area contributed by atoms with Crippen LogP contribution in [0, 0.1) is 5.92 Å². The molecule has 1 aliphatic heterocycles. The van der Waals surface area contributed by atoms with E-state index >= 15 is 0 Å². The standard InChI is InChI=1S/C14H20N4O6S2/c1-8(6-15)7-24-17-12(10-4-3-5-25-10)13(19)16-11-9(2)18(14(11)20)26(21,22)23/h3-5,8-9,11H,6-7,15H2,1-2H3,(H,16,19)(H,21,22,23)/b17-12+/t8?,9-,11?/m0/s1. The molecule has 0 radical (unpaired) electrons. The summed E-state index contributed by atoms with van der Waals surface area (Å²) in [6.45, 7) is 3.87. The predicted molar refractivity (Wildman–Crippen MR) is 94.8 cm³/mol. The largest absolute Gasteiger partial charge is 0.395 e. The van der Waals surface area contributed by atoms with Gasteiger partial charge in [-0.05, 0) is 24.9 Å². The SMILES string of the molecule is CC(CN)CO/N=C(/C(=O)NC1C(=O)N(S(=O)(=O)O)[C@H]1C)c1cccs1. The smallest absolute Gasteiger partial charge is 0.362 e. The second kappa shape index (κ2) is 8.12. The summed E-state index contributed by atoms with van der Waals surface area (Å²) in [7, 11) is -4.66. The first-order valence-corrected chi connectivity index (χ1v) is 10.00. The molecule has 0 spiro atoms. The van der Waals surface area contributed by atoms with E-state index in [1.807, 2.05) is 6.92 Å². The van der Waals surface area contributed by atoms with Crippen LogP contribution in [0.3, 0.4) is 0 Å². The number of hydrogen-bond donors (Lipinski definition) is 3. The highest BCUT2D eigenvalue weighted by Gasteiger charge is 2.51. The van der Waals surface area contributed by atoms with Crippen molar-refractivity contribution >= 4 is 39.2 Å². The van der Waals surface area contributed by atoms with Crippen LogP contribution in [-0.2, 0) is 24.7 Å². The number of nitrogens with two attached hydrogens (primary N) is 1. The Morgan fingerprint density at radius 2 is 2.27 bits per heavy atom. The number of carbonyl (C=O) groups is 2. The Kier molecular flexibility index (Phi) is 6.34. The van der Waals surface area contributed by atoms with Gasteiger partial charge in [0, 0.05) is 5.92 Å². The summed E-state index contributed by atoms with van der Waals surface area (Å²) in [5, 5.41) is 8.02. The molecule has 4 N–H and O–H groups in total. The monoisotopic (exact) mass is 404 g/mol. The zero-order valence-corrected chi connectivity index (χ0v) is 15.8. The molecule has 1 saturated heterocycles. The number of rotatable bonds is 8. The maximum atomic E-state index is 12.5. The fraction of sp³-hybridized carbons (Fsp3) is 0.500.